The van der Waals surface area contributed by atoms with Crippen molar-refractivity contribution < 1.29 is 50.6 Å². The van der Waals surface area contributed by atoms with Gasteiger partial charge in [-0.15, -0.1) is 0 Å². The fourth-order valence-corrected chi connectivity index (χ4v) is 3.14. The van der Waals surface area contributed by atoms with Gasteiger partial charge in [-0.3, -0.25) is 9.59 Å². The predicted molar refractivity (Wildman–Crippen MR) is 141 cm³/mol. The number of carboxylic acid groups (broad SMARTS) is 1. The Labute approximate surface area is 235 Å². The number of benzene rings is 1. The number of carbonyl (C=O) groups excluding carboxylic acids is 3. The van der Waals surface area contributed by atoms with Gasteiger partial charge >= 0.3 is 29.0 Å². The van der Waals surface area contributed by atoms with Crippen LogP contribution in [0.15, 0.2) is 101 Å². The average molecular weight is 570 g/mol. The summed E-state index contributed by atoms with van der Waals surface area (Å²) in [7, 11) is 0. The summed E-state index contributed by atoms with van der Waals surface area (Å²) in [5, 5.41) is 12.5. The van der Waals surface area contributed by atoms with Gasteiger partial charge in [-0.05, 0) is 42.8 Å². The number of hydroxylamine groups is 2. The van der Waals surface area contributed by atoms with Crippen LogP contribution in [0.5, 0.6) is 0 Å². The molecule has 0 aliphatic rings. The fourth-order valence-electron chi connectivity index (χ4n) is 3.14. The molecule has 0 aliphatic heterocycles. The van der Waals surface area contributed by atoms with Crippen molar-refractivity contribution in [1.29, 1.82) is 0 Å². The molecule has 202 valence electrons. The van der Waals surface area contributed by atoms with Gasteiger partial charge in [0.15, 0.2) is 5.76 Å². The van der Waals surface area contributed by atoms with Gasteiger partial charge in [0.05, 0.1) is 6.54 Å². The molecule has 1 heterocycles. The average Bonchev–Trinajstić information content (AvgIpc) is 3.71. The van der Waals surface area contributed by atoms with E-state index >= 15 is 0 Å². The van der Waals surface area contributed by atoms with Crippen molar-refractivity contribution in [2.24, 2.45) is 0 Å². The number of amides is 1. The quantitative estimate of drug-likeness (QED) is 0.0780. The maximum atomic E-state index is 12.8. The molecule has 0 atom stereocenters. The molecule has 4 rings (SSSR count). The number of aliphatic carboxylic acids is 1. The topological polar surface area (TPSA) is 126 Å². The van der Waals surface area contributed by atoms with Crippen LogP contribution in [0.4, 0.5) is 5.69 Å². The van der Waals surface area contributed by atoms with E-state index in [0.29, 0.717) is 16.4 Å². The second kappa shape index (κ2) is 15.6. The van der Waals surface area contributed by atoms with E-state index in [-0.39, 0.29) is 47.3 Å². The first-order chi connectivity index (χ1) is 18.3. The number of anilines is 1. The molecule has 0 saturated carbocycles. The molecule has 10 heteroatoms. The van der Waals surface area contributed by atoms with Crippen LogP contribution in [0.3, 0.4) is 0 Å². The van der Waals surface area contributed by atoms with E-state index in [1.54, 1.807) is 37.3 Å². The minimum absolute atomic E-state index is 0. The Kier molecular flexibility index (Phi) is 12.2. The largest absolute Gasteiger partial charge is 2.00 e. The Morgan fingerprint density at radius 1 is 1.03 bits per heavy atom. The Balaban J connectivity index is 0.000000797. The fraction of sp³-hybridized carbons (Fsp3) is 0.103. The molecule has 0 radical (unpaired) electrons. The summed E-state index contributed by atoms with van der Waals surface area (Å²) in [6.45, 7) is 1.88. The minimum atomic E-state index is -1.81. The maximum absolute atomic E-state index is 12.8. The molecule has 0 saturated heterocycles. The van der Waals surface area contributed by atoms with Gasteiger partial charge in [-0.25, -0.2) is 33.9 Å². The number of carboxylic acids is 1. The smallest absolute Gasteiger partial charge is 0.473 e. The van der Waals surface area contributed by atoms with E-state index in [1.165, 1.54) is 18.2 Å². The Morgan fingerprint density at radius 2 is 1.69 bits per heavy atom. The molecule has 2 N–H and O–H groups in total. The number of hydrogen-bond acceptors (Lipinski definition) is 7. The molecule has 0 spiro atoms. The molecule has 9 nitrogen and oxygen atoms in total. The van der Waals surface area contributed by atoms with Crippen LogP contribution in [0.2, 0.25) is 0 Å². The van der Waals surface area contributed by atoms with Crippen molar-refractivity contribution in [1.82, 2.24) is 5.06 Å². The first-order valence-electron chi connectivity index (χ1n) is 11.6. The van der Waals surface area contributed by atoms with Gasteiger partial charge in [0, 0.05) is 12.1 Å². The molecule has 0 bridgehead atoms. The van der Waals surface area contributed by atoms with Gasteiger partial charge in [0.2, 0.25) is 5.78 Å². The number of furan rings is 1. The SMILES string of the molecule is Cc1ccc(C(=O)/C=C/c2ccc(C(=O)N(CCN[c-]3cccc3)OC(=O)C(=O)O)cc2)o1.[Fe+2].c1cc[cH-]c1. The number of ketones is 1. The van der Waals surface area contributed by atoms with Gasteiger partial charge in [-0.1, -0.05) is 23.9 Å². The first-order valence-corrected chi connectivity index (χ1v) is 11.6. The number of hydrogen-bond donors (Lipinski definition) is 2. The predicted octanol–water partition coefficient (Wildman–Crippen LogP) is 4.70. The molecular weight excluding hydrogens is 544 g/mol. The Bertz CT molecular complexity index is 1340. The van der Waals surface area contributed by atoms with E-state index in [9.17, 15) is 19.2 Å². The van der Waals surface area contributed by atoms with Crippen molar-refractivity contribution in [2.45, 2.75) is 6.92 Å². The third-order valence-electron chi connectivity index (χ3n) is 5.02. The molecular formula is C29H26FeN2O7. The van der Waals surface area contributed by atoms with Crippen molar-refractivity contribution in [3.63, 3.8) is 0 Å². The van der Waals surface area contributed by atoms with Crippen molar-refractivity contribution in [3.8, 4) is 0 Å². The zero-order valence-electron chi connectivity index (χ0n) is 20.9. The van der Waals surface area contributed by atoms with Crippen LogP contribution >= 0.6 is 0 Å². The summed E-state index contributed by atoms with van der Waals surface area (Å²) < 4.78 is 5.28. The van der Waals surface area contributed by atoms with Crippen molar-refractivity contribution >= 4 is 35.4 Å². The summed E-state index contributed by atoms with van der Waals surface area (Å²) in [4.78, 5) is 52.0. The van der Waals surface area contributed by atoms with Crippen LogP contribution in [0.1, 0.15) is 32.2 Å². The van der Waals surface area contributed by atoms with Crippen molar-refractivity contribution in [2.75, 3.05) is 18.4 Å². The standard InChI is InChI=1S/C24H21N2O7.C5H5.Fe/c1-16-6-13-21(32-16)20(27)12-9-17-7-10-18(11-8-17)22(28)26(33-24(31)23(29)30)15-14-25-19-4-2-3-5-19;1-2-4-5-3-1;/h2-13,25H,14-15H2,1H3,(H,29,30);1-5H;/q2*-1;+2/b12-9+;;. The monoisotopic (exact) mass is 570 g/mol. The van der Waals surface area contributed by atoms with E-state index in [2.05, 4.69) is 5.32 Å². The third kappa shape index (κ3) is 9.96. The Morgan fingerprint density at radius 3 is 2.23 bits per heavy atom. The normalized spacial score (nSPS) is 10.1. The molecule has 0 unspecified atom stereocenters. The number of nitrogens with zero attached hydrogens (tertiary/aromatic N) is 1. The number of aryl methyl sites for hydroxylation is 1. The number of allylic oxidation sites excluding steroid dienone is 1. The number of nitrogens with one attached hydrogen (secondary N) is 1. The Hall–Kier alpha value is -4.66. The van der Waals surface area contributed by atoms with E-state index in [1.807, 2.05) is 54.6 Å². The molecule has 0 fully saturated rings. The molecule has 4 aromatic rings. The second-order valence-corrected chi connectivity index (χ2v) is 7.88. The van der Waals surface area contributed by atoms with Crippen LogP contribution in [0.25, 0.3) is 6.08 Å². The first kappa shape index (κ1) is 30.6. The van der Waals surface area contributed by atoms with E-state index in [4.69, 9.17) is 14.4 Å². The summed E-state index contributed by atoms with van der Waals surface area (Å²) in [5.74, 6) is -3.51. The van der Waals surface area contributed by atoms with Crippen LogP contribution < -0.4 is 5.32 Å². The summed E-state index contributed by atoms with van der Waals surface area (Å²) in [5.41, 5.74) is 1.63. The van der Waals surface area contributed by atoms with Gasteiger partial charge < -0.3 is 19.7 Å². The second-order valence-electron chi connectivity index (χ2n) is 7.88. The molecule has 0 aliphatic carbocycles. The van der Waals surface area contributed by atoms with Crippen LogP contribution in [-0.4, -0.2) is 46.9 Å². The maximum Gasteiger partial charge on any atom is 2.00 e. The van der Waals surface area contributed by atoms with Crippen LogP contribution in [-0.2, 0) is 31.5 Å². The van der Waals surface area contributed by atoms with Crippen molar-refractivity contribution in [3.05, 3.63) is 120 Å². The molecule has 3 aromatic carbocycles. The van der Waals surface area contributed by atoms with Gasteiger partial charge in [0.25, 0.3) is 5.91 Å². The number of rotatable bonds is 8. The zero-order valence-corrected chi connectivity index (χ0v) is 22.0. The van der Waals surface area contributed by atoms with Gasteiger partial charge in [0.1, 0.15) is 5.76 Å². The number of carbonyl (C=O) groups is 4. The van der Waals surface area contributed by atoms with E-state index < -0.39 is 17.8 Å². The molecule has 39 heavy (non-hydrogen) atoms. The van der Waals surface area contributed by atoms with Gasteiger partial charge in [-0.2, -0.15) is 35.4 Å². The summed E-state index contributed by atoms with van der Waals surface area (Å²) in [6.07, 6.45) is 2.92. The third-order valence-corrected chi connectivity index (χ3v) is 5.02. The van der Waals surface area contributed by atoms with E-state index in [0.717, 1.165) is 5.69 Å². The summed E-state index contributed by atoms with van der Waals surface area (Å²) in [6, 6.07) is 26.7. The summed E-state index contributed by atoms with van der Waals surface area (Å²) >= 11 is 0. The molecule has 1 aromatic heterocycles. The van der Waals surface area contributed by atoms with Crippen LogP contribution in [0, 0.1) is 6.92 Å². The minimum Gasteiger partial charge on any atom is -0.473 e. The zero-order chi connectivity index (χ0) is 27.3. The molecule has 1 amide bonds.